The minimum atomic E-state index is -0.462. The molecule has 5 nitrogen and oxygen atoms in total. The standard InChI is InChI=1S/C16H14ClN3O2S2/c1-8-9(2)24-14-13(8)15(22)20(11-5-3-10(17)4-6-11)16(19-14)23-7-12(18)21/h3-6H,7H2,1-2H3,(H2,18,21). The maximum Gasteiger partial charge on any atom is 0.267 e. The first-order valence-electron chi connectivity index (χ1n) is 7.08. The Hall–Kier alpha value is -1.83. The van der Waals surface area contributed by atoms with Crippen LogP contribution in [0.1, 0.15) is 10.4 Å². The van der Waals surface area contributed by atoms with Crippen molar-refractivity contribution < 1.29 is 4.79 Å². The van der Waals surface area contributed by atoms with Crippen molar-refractivity contribution >= 4 is 50.8 Å². The van der Waals surface area contributed by atoms with Gasteiger partial charge in [-0.05, 0) is 43.7 Å². The summed E-state index contributed by atoms with van der Waals surface area (Å²) in [5, 5.41) is 1.63. The maximum atomic E-state index is 13.1. The minimum absolute atomic E-state index is 0.0505. The topological polar surface area (TPSA) is 78.0 Å². The normalized spacial score (nSPS) is 11.1. The molecule has 2 N–H and O–H groups in total. The highest BCUT2D eigenvalue weighted by Crippen LogP contribution is 2.29. The van der Waals surface area contributed by atoms with E-state index in [4.69, 9.17) is 17.3 Å². The highest BCUT2D eigenvalue weighted by Gasteiger charge is 2.18. The van der Waals surface area contributed by atoms with E-state index in [0.717, 1.165) is 22.2 Å². The van der Waals surface area contributed by atoms with Crippen LogP contribution in [0.25, 0.3) is 15.9 Å². The Labute approximate surface area is 151 Å². The van der Waals surface area contributed by atoms with E-state index >= 15 is 0 Å². The summed E-state index contributed by atoms with van der Waals surface area (Å²) in [5.41, 5.74) is 6.66. The quantitative estimate of drug-likeness (QED) is 0.557. The monoisotopic (exact) mass is 379 g/mol. The number of benzene rings is 1. The second-order valence-electron chi connectivity index (χ2n) is 5.23. The molecule has 1 amide bonds. The van der Waals surface area contributed by atoms with Crippen LogP contribution in [-0.4, -0.2) is 21.2 Å². The summed E-state index contributed by atoms with van der Waals surface area (Å²) in [6.07, 6.45) is 0. The van der Waals surface area contributed by atoms with Crippen molar-refractivity contribution in [2.45, 2.75) is 19.0 Å². The van der Waals surface area contributed by atoms with Crippen LogP contribution in [0.3, 0.4) is 0 Å². The first kappa shape index (κ1) is 17.0. The second kappa shape index (κ2) is 6.58. The molecule has 1 aromatic carbocycles. The lowest BCUT2D eigenvalue weighted by molar-refractivity contribution is -0.115. The number of aromatic nitrogens is 2. The molecule has 0 atom stereocenters. The number of nitrogens with two attached hydrogens (primary N) is 1. The molecule has 8 heteroatoms. The van der Waals surface area contributed by atoms with Crippen molar-refractivity contribution in [2.24, 2.45) is 5.73 Å². The van der Waals surface area contributed by atoms with Crippen molar-refractivity contribution in [3.05, 3.63) is 50.1 Å². The summed E-state index contributed by atoms with van der Waals surface area (Å²) in [7, 11) is 0. The van der Waals surface area contributed by atoms with Crippen LogP contribution in [0, 0.1) is 13.8 Å². The zero-order chi connectivity index (χ0) is 17.4. The molecular weight excluding hydrogens is 366 g/mol. The predicted octanol–water partition coefficient (Wildman–Crippen LogP) is 3.29. The van der Waals surface area contributed by atoms with Gasteiger partial charge in [-0.2, -0.15) is 0 Å². The van der Waals surface area contributed by atoms with E-state index in [0.29, 0.717) is 26.1 Å². The minimum Gasteiger partial charge on any atom is -0.369 e. The molecule has 2 heterocycles. The Morgan fingerprint density at radius 1 is 1.33 bits per heavy atom. The molecular formula is C16H14ClN3O2S2. The lowest BCUT2D eigenvalue weighted by atomic mass is 10.2. The van der Waals surface area contributed by atoms with Gasteiger partial charge in [0.2, 0.25) is 5.91 Å². The fourth-order valence-electron chi connectivity index (χ4n) is 2.33. The van der Waals surface area contributed by atoms with Gasteiger partial charge in [-0.1, -0.05) is 23.4 Å². The largest absolute Gasteiger partial charge is 0.369 e. The van der Waals surface area contributed by atoms with Gasteiger partial charge in [0.25, 0.3) is 5.56 Å². The molecule has 3 rings (SSSR count). The maximum absolute atomic E-state index is 13.1. The molecule has 0 saturated heterocycles. The molecule has 0 aliphatic heterocycles. The van der Waals surface area contributed by atoms with Crippen LogP contribution >= 0.6 is 34.7 Å². The molecule has 0 aliphatic carbocycles. The number of hydrogen-bond donors (Lipinski definition) is 1. The van der Waals surface area contributed by atoms with Crippen molar-refractivity contribution in [3.63, 3.8) is 0 Å². The molecule has 0 spiro atoms. The highest BCUT2D eigenvalue weighted by molar-refractivity contribution is 7.99. The number of rotatable bonds is 4. The van der Waals surface area contributed by atoms with E-state index < -0.39 is 5.91 Å². The Morgan fingerprint density at radius 2 is 2.00 bits per heavy atom. The predicted molar refractivity (Wildman–Crippen MR) is 99.6 cm³/mol. The molecule has 0 aliphatic rings. The van der Waals surface area contributed by atoms with Crippen molar-refractivity contribution in [1.29, 1.82) is 0 Å². The number of thioether (sulfide) groups is 1. The van der Waals surface area contributed by atoms with Gasteiger partial charge in [0.1, 0.15) is 4.83 Å². The third kappa shape index (κ3) is 3.07. The van der Waals surface area contributed by atoms with Crippen LogP contribution in [0.4, 0.5) is 0 Å². The summed E-state index contributed by atoms with van der Waals surface area (Å²) >= 11 is 8.56. The van der Waals surface area contributed by atoms with Crippen molar-refractivity contribution in [3.8, 4) is 5.69 Å². The molecule has 24 heavy (non-hydrogen) atoms. The van der Waals surface area contributed by atoms with Gasteiger partial charge >= 0.3 is 0 Å². The molecule has 124 valence electrons. The van der Waals surface area contributed by atoms with Crippen LogP contribution in [-0.2, 0) is 4.79 Å². The third-order valence-corrected chi connectivity index (χ3v) is 5.91. The number of thiophene rings is 1. The average Bonchev–Trinajstić information content (AvgIpc) is 2.81. The molecule has 0 radical (unpaired) electrons. The first-order valence-corrected chi connectivity index (χ1v) is 9.26. The SMILES string of the molecule is Cc1sc2nc(SCC(N)=O)n(-c3ccc(Cl)cc3)c(=O)c2c1C. The highest BCUT2D eigenvalue weighted by atomic mass is 35.5. The lowest BCUT2D eigenvalue weighted by Gasteiger charge is -2.11. The average molecular weight is 380 g/mol. The number of hydrogen-bond acceptors (Lipinski definition) is 5. The number of carbonyl (C=O) groups excluding carboxylic acids is 1. The zero-order valence-corrected chi connectivity index (χ0v) is 15.4. The summed E-state index contributed by atoms with van der Waals surface area (Å²) in [4.78, 5) is 30.5. The molecule has 0 bridgehead atoms. The van der Waals surface area contributed by atoms with Gasteiger partial charge < -0.3 is 5.73 Å². The van der Waals surface area contributed by atoms with Crippen molar-refractivity contribution in [2.75, 3.05) is 5.75 Å². The Bertz CT molecular complexity index is 993. The summed E-state index contributed by atoms with van der Waals surface area (Å²) in [5.74, 6) is -0.412. The number of nitrogens with zero attached hydrogens (tertiary/aromatic N) is 2. The first-order chi connectivity index (χ1) is 11.4. The van der Waals surface area contributed by atoms with E-state index in [1.807, 2.05) is 13.8 Å². The van der Waals surface area contributed by atoms with Gasteiger partial charge in [0, 0.05) is 9.90 Å². The van der Waals surface area contributed by atoms with Gasteiger partial charge in [-0.3, -0.25) is 14.2 Å². The van der Waals surface area contributed by atoms with Crippen LogP contribution < -0.4 is 11.3 Å². The van der Waals surface area contributed by atoms with Gasteiger partial charge in [-0.15, -0.1) is 11.3 Å². The summed E-state index contributed by atoms with van der Waals surface area (Å²) < 4.78 is 1.51. The Balaban J connectivity index is 2.30. The van der Waals surface area contributed by atoms with Crippen LogP contribution in [0.5, 0.6) is 0 Å². The van der Waals surface area contributed by atoms with E-state index in [-0.39, 0.29) is 11.3 Å². The second-order valence-corrected chi connectivity index (χ2v) is 7.81. The van der Waals surface area contributed by atoms with E-state index in [9.17, 15) is 9.59 Å². The summed E-state index contributed by atoms with van der Waals surface area (Å²) in [6, 6.07) is 6.92. The van der Waals surface area contributed by atoms with Crippen LogP contribution in [0.2, 0.25) is 5.02 Å². The van der Waals surface area contributed by atoms with Gasteiger partial charge in [0.05, 0.1) is 16.8 Å². The number of halogens is 1. The molecule has 3 aromatic rings. The fraction of sp³-hybridized carbons (Fsp3) is 0.188. The number of primary amides is 1. The lowest BCUT2D eigenvalue weighted by Crippen LogP contribution is -2.22. The van der Waals surface area contributed by atoms with E-state index in [2.05, 4.69) is 4.98 Å². The molecule has 0 fully saturated rings. The smallest absolute Gasteiger partial charge is 0.267 e. The Kier molecular flexibility index (Phi) is 4.67. The van der Waals surface area contributed by atoms with Gasteiger partial charge in [0.15, 0.2) is 5.16 Å². The molecule has 0 unspecified atom stereocenters. The number of amides is 1. The number of carbonyl (C=O) groups is 1. The van der Waals surface area contributed by atoms with E-state index in [1.165, 1.54) is 15.9 Å². The molecule has 0 saturated carbocycles. The van der Waals surface area contributed by atoms with Gasteiger partial charge in [-0.25, -0.2) is 4.98 Å². The third-order valence-electron chi connectivity index (χ3n) is 3.60. The van der Waals surface area contributed by atoms with Crippen LogP contribution in [0.15, 0.2) is 34.2 Å². The fourth-order valence-corrected chi connectivity index (χ4v) is 4.27. The molecule has 2 aromatic heterocycles. The van der Waals surface area contributed by atoms with E-state index in [1.54, 1.807) is 24.3 Å². The number of aryl methyl sites for hydroxylation is 2. The zero-order valence-electron chi connectivity index (χ0n) is 13.0. The summed E-state index contributed by atoms with van der Waals surface area (Å²) in [6.45, 7) is 3.88. The number of fused-ring (bicyclic) bond motifs is 1. The Morgan fingerprint density at radius 3 is 2.62 bits per heavy atom. The van der Waals surface area contributed by atoms with Crippen molar-refractivity contribution in [1.82, 2.24) is 9.55 Å².